The first-order valence-corrected chi connectivity index (χ1v) is 9.41. The minimum atomic E-state index is -0.157. The van der Waals surface area contributed by atoms with Gasteiger partial charge in [-0.15, -0.1) is 0 Å². The van der Waals surface area contributed by atoms with Crippen LogP contribution in [0.5, 0.6) is 11.5 Å². The third kappa shape index (κ3) is 4.75. The highest BCUT2D eigenvalue weighted by Gasteiger charge is 2.23. The maximum atomic E-state index is 12.7. The van der Waals surface area contributed by atoms with Crippen molar-refractivity contribution in [2.45, 2.75) is 20.0 Å². The first-order chi connectivity index (χ1) is 13.5. The Labute approximate surface area is 168 Å². The summed E-state index contributed by atoms with van der Waals surface area (Å²) in [7, 11) is 1.57. The van der Waals surface area contributed by atoms with E-state index in [0.29, 0.717) is 54.1 Å². The van der Waals surface area contributed by atoms with E-state index in [1.807, 2.05) is 0 Å². The fraction of sp³-hybridized carbons (Fsp3) is 0.421. The molecule has 2 aromatic rings. The number of halogens is 1. The van der Waals surface area contributed by atoms with Crippen molar-refractivity contribution in [3.8, 4) is 11.5 Å². The van der Waals surface area contributed by atoms with Crippen LogP contribution in [0.25, 0.3) is 0 Å². The zero-order valence-electron chi connectivity index (χ0n) is 15.9. The molecule has 1 aromatic heterocycles. The Balaban J connectivity index is 1.59. The minimum Gasteiger partial charge on any atom is -0.497 e. The van der Waals surface area contributed by atoms with Gasteiger partial charge in [0.1, 0.15) is 18.1 Å². The van der Waals surface area contributed by atoms with Crippen LogP contribution in [0.15, 0.2) is 24.3 Å². The third-order valence-corrected chi connectivity index (χ3v) is 4.90. The first-order valence-electron chi connectivity index (χ1n) is 9.03. The lowest BCUT2D eigenvalue weighted by atomic mass is 10.3. The summed E-state index contributed by atoms with van der Waals surface area (Å²) in [5.74, 6) is 1.04. The molecular weight excluding hydrogens is 384 g/mol. The van der Waals surface area contributed by atoms with Gasteiger partial charge in [-0.2, -0.15) is 5.10 Å². The van der Waals surface area contributed by atoms with Crippen molar-refractivity contribution in [1.82, 2.24) is 20.0 Å². The fourth-order valence-electron chi connectivity index (χ4n) is 3.02. The summed E-state index contributed by atoms with van der Waals surface area (Å²) in [6.07, 6.45) is 0.752. The van der Waals surface area contributed by atoms with Gasteiger partial charge in [0.15, 0.2) is 5.69 Å². The van der Waals surface area contributed by atoms with Gasteiger partial charge in [0.05, 0.1) is 17.8 Å². The summed E-state index contributed by atoms with van der Waals surface area (Å²) in [5, 5.41) is 7.37. The molecule has 1 N–H and O–H groups in total. The van der Waals surface area contributed by atoms with Crippen LogP contribution in [-0.2, 0) is 11.4 Å². The quantitative estimate of drug-likeness (QED) is 0.823. The number of rotatable bonds is 5. The van der Waals surface area contributed by atoms with Gasteiger partial charge in [0.2, 0.25) is 5.91 Å². The summed E-state index contributed by atoms with van der Waals surface area (Å²) in [6, 6.07) is 6.82. The Kier molecular flexibility index (Phi) is 6.41. The molecule has 0 radical (unpaired) electrons. The van der Waals surface area contributed by atoms with E-state index >= 15 is 0 Å². The number of aromatic amines is 1. The molecule has 1 saturated heterocycles. The summed E-state index contributed by atoms with van der Waals surface area (Å²) in [4.78, 5) is 27.7. The highest BCUT2D eigenvalue weighted by Crippen LogP contribution is 2.29. The van der Waals surface area contributed by atoms with Crippen molar-refractivity contribution in [1.29, 1.82) is 0 Å². The number of nitrogens with zero attached hydrogens (tertiary/aromatic N) is 3. The summed E-state index contributed by atoms with van der Waals surface area (Å²) in [5.41, 5.74) is 0.992. The van der Waals surface area contributed by atoms with Crippen LogP contribution >= 0.6 is 11.6 Å². The van der Waals surface area contributed by atoms with Crippen LogP contribution in [0.3, 0.4) is 0 Å². The molecule has 2 amide bonds. The van der Waals surface area contributed by atoms with Crippen LogP contribution < -0.4 is 9.47 Å². The maximum Gasteiger partial charge on any atom is 0.274 e. The molecule has 0 atom stereocenters. The van der Waals surface area contributed by atoms with E-state index in [1.165, 1.54) is 0 Å². The average molecular weight is 407 g/mol. The molecule has 1 fully saturated rings. The van der Waals surface area contributed by atoms with E-state index in [1.54, 1.807) is 48.1 Å². The van der Waals surface area contributed by atoms with Crippen LogP contribution in [-0.4, -0.2) is 65.1 Å². The molecule has 8 nitrogen and oxygen atoms in total. The molecule has 0 unspecified atom stereocenters. The molecule has 28 heavy (non-hydrogen) atoms. The van der Waals surface area contributed by atoms with E-state index in [2.05, 4.69) is 10.2 Å². The van der Waals surface area contributed by atoms with Gasteiger partial charge < -0.3 is 19.3 Å². The molecule has 0 aliphatic carbocycles. The predicted molar refractivity (Wildman–Crippen MR) is 104 cm³/mol. The lowest BCUT2D eigenvalue weighted by Crippen LogP contribution is -2.36. The van der Waals surface area contributed by atoms with Crippen molar-refractivity contribution >= 4 is 23.4 Å². The van der Waals surface area contributed by atoms with Crippen LogP contribution in [0.2, 0.25) is 5.02 Å². The Bertz CT molecular complexity index is 854. The topological polar surface area (TPSA) is 87.8 Å². The zero-order chi connectivity index (χ0) is 20.1. The van der Waals surface area contributed by atoms with E-state index in [9.17, 15) is 9.59 Å². The summed E-state index contributed by atoms with van der Waals surface area (Å²) >= 11 is 6.16. The summed E-state index contributed by atoms with van der Waals surface area (Å²) < 4.78 is 10.8. The molecule has 150 valence electrons. The van der Waals surface area contributed by atoms with Crippen molar-refractivity contribution in [2.75, 3.05) is 33.3 Å². The number of amides is 2. The Hall–Kier alpha value is -2.74. The second-order valence-electron chi connectivity index (χ2n) is 6.52. The monoisotopic (exact) mass is 406 g/mol. The number of H-pyrrole nitrogens is 1. The number of nitrogens with one attached hydrogen (secondary N) is 1. The average Bonchev–Trinajstić information content (AvgIpc) is 3.01. The van der Waals surface area contributed by atoms with E-state index < -0.39 is 0 Å². The molecule has 1 aromatic carbocycles. The van der Waals surface area contributed by atoms with Gasteiger partial charge in [0, 0.05) is 39.2 Å². The molecular formula is C19H23ClN4O4. The van der Waals surface area contributed by atoms with Gasteiger partial charge in [0.25, 0.3) is 5.91 Å². The van der Waals surface area contributed by atoms with Crippen molar-refractivity contribution in [3.05, 3.63) is 40.7 Å². The van der Waals surface area contributed by atoms with Gasteiger partial charge in [-0.25, -0.2) is 0 Å². The Morgan fingerprint density at radius 3 is 2.64 bits per heavy atom. The molecule has 3 rings (SSSR count). The fourth-order valence-corrected chi connectivity index (χ4v) is 3.25. The number of hydrogen-bond donors (Lipinski definition) is 1. The van der Waals surface area contributed by atoms with Gasteiger partial charge in [-0.05, 0) is 24.6 Å². The van der Waals surface area contributed by atoms with E-state index in [4.69, 9.17) is 21.1 Å². The molecule has 1 aliphatic heterocycles. The second kappa shape index (κ2) is 8.97. The number of aromatic nitrogens is 2. The first kappa shape index (κ1) is 20.0. The maximum absolute atomic E-state index is 12.7. The van der Waals surface area contributed by atoms with Crippen molar-refractivity contribution < 1.29 is 19.1 Å². The normalized spacial score (nSPS) is 14.5. The molecule has 2 heterocycles. The van der Waals surface area contributed by atoms with Crippen LogP contribution in [0, 0.1) is 0 Å². The van der Waals surface area contributed by atoms with Crippen LogP contribution in [0.1, 0.15) is 29.5 Å². The third-order valence-electron chi connectivity index (χ3n) is 4.60. The number of methoxy groups -OCH3 is 1. The minimum absolute atomic E-state index is 0.0331. The van der Waals surface area contributed by atoms with Gasteiger partial charge in [-0.3, -0.25) is 14.7 Å². The molecule has 9 heteroatoms. The van der Waals surface area contributed by atoms with Crippen LogP contribution in [0.4, 0.5) is 0 Å². The Morgan fingerprint density at radius 2 is 1.93 bits per heavy atom. The number of ether oxygens (including phenoxy) is 2. The molecule has 1 aliphatic rings. The molecule has 0 spiro atoms. The van der Waals surface area contributed by atoms with Crippen molar-refractivity contribution in [3.63, 3.8) is 0 Å². The van der Waals surface area contributed by atoms with E-state index in [-0.39, 0.29) is 18.4 Å². The smallest absolute Gasteiger partial charge is 0.274 e. The molecule has 0 saturated carbocycles. The standard InChI is InChI=1S/C19H23ClN4O4/c1-13(25)23-6-3-7-24(9-8-23)19(26)17-10-14(21-22-17)12-28-18-5-4-15(27-2)11-16(18)20/h4-5,10-11H,3,6-9,12H2,1-2H3,(H,21,22). The predicted octanol–water partition coefficient (Wildman–Crippen LogP) is 2.35. The highest BCUT2D eigenvalue weighted by molar-refractivity contribution is 6.32. The zero-order valence-corrected chi connectivity index (χ0v) is 16.7. The lowest BCUT2D eigenvalue weighted by molar-refractivity contribution is -0.128. The number of carbonyl (C=O) groups is 2. The SMILES string of the molecule is COc1ccc(OCc2cc(C(=O)N3CCCN(C(C)=O)CC3)n[nH]2)c(Cl)c1. The summed E-state index contributed by atoms with van der Waals surface area (Å²) in [6.45, 7) is 4.05. The second-order valence-corrected chi connectivity index (χ2v) is 6.92. The number of benzene rings is 1. The Morgan fingerprint density at radius 1 is 1.18 bits per heavy atom. The van der Waals surface area contributed by atoms with Crippen molar-refractivity contribution in [2.24, 2.45) is 0 Å². The number of carbonyl (C=O) groups excluding carboxylic acids is 2. The lowest BCUT2D eigenvalue weighted by Gasteiger charge is -2.20. The van der Waals surface area contributed by atoms with Gasteiger partial charge >= 0.3 is 0 Å². The number of hydrogen-bond acceptors (Lipinski definition) is 5. The van der Waals surface area contributed by atoms with Gasteiger partial charge in [-0.1, -0.05) is 11.6 Å². The highest BCUT2D eigenvalue weighted by atomic mass is 35.5. The largest absolute Gasteiger partial charge is 0.497 e. The molecule has 0 bridgehead atoms. The van der Waals surface area contributed by atoms with E-state index in [0.717, 1.165) is 6.42 Å².